The van der Waals surface area contributed by atoms with E-state index in [4.69, 9.17) is 5.73 Å². The fourth-order valence-corrected chi connectivity index (χ4v) is 3.84. The Balaban J connectivity index is 0.00000484. The average Bonchev–Trinajstić information content (AvgIpc) is 2.48. The van der Waals surface area contributed by atoms with Gasteiger partial charge in [0, 0.05) is 25.2 Å². The Bertz CT molecular complexity index is 616. The van der Waals surface area contributed by atoms with E-state index in [9.17, 15) is 13.2 Å². The zero-order valence-corrected chi connectivity index (χ0v) is 15.5. The van der Waals surface area contributed by atoms with Crippen LogP contribution in [0, 0.1) is 6.92 Å². The number of nitrogens with zero attached hydrogens (tertiary/aromatic N) is 1. The van der Waals surface area contributed by atoms with Gasteiger partial charge in [-0.3, -0.25) is 4.79 Å². The third-order valence-corrected chi connectivity index (χ3v) is 5.63. The number of sulfonamides is 1. The van der Waals surface area contributed by atoms with Gasteiger partial charge in [0.15, 0.2) is 0 Å². The summed E-state index contributed by atoms with van der Waals surface area (Å²) in [7, 11) is -3.58. The number of carbonyl (C=O) groups is 1. The van der Waals surface area contributed by atoms with Gasteiger partial charge >= 0.3 is 0 Å². The van der Waals surface area contributed by atoms with E-state index in [0.717, 1.165) is 0 Å². The van der Waals surface area contributed by atoms with Gasteiger partial charge in [-0.1, -0.05) is 19.9 Å². The molecule has 0 radical (unpaired) electrons. The second kappa shape index (κ2) is 9.87. The molecule has 0 atom stereocenters. The van der Waals surface area contributed by atoms with Crippen LogP contribution < -0.4 is 11.1 Å². The smallest absolute Gasteiger partial charge is 0.251 e. The second-order valence-corrected chi connectivity index (χ2v) is 6.87. The number of carbonyl (C=O) groups excluding carboxylic acids is 1. The van der Waals surface area contributed by atoms with E-state index < -0.39 is 10.0 Å². The lowest BCUT2D eigenvalue weighted by molar-refractivity contribution is 0.0953. The van der Waals surface area contributed by atoms with Crippen molar-refractivity contribution in [2.75, 3.05) is 26.2 Å². The molecule has 0 saturated carbocycles. The maximum absolute atomic E-state index is 12.6. The van der Waals surface area contributed by atoms with Crippen LogP contribution in [0.15, 0.2) is 23.1 Å². The van der Waals surface area contributed by atoms with Gasteiger partial charge in [-0.25, -0.2) is 8.42 Å². The Morgan fingerprint density at radius 1 is 1.26 bits per heavy atom. The SMILES string of the molecule is CCN(CC)S(=O)(=O)c1cc(C(=O)NCCCN)ccc1C.Cl. The molecule has 8 heteroatoms. The number of rotatable bonds is 8. The zero-order chi connectivity index (χ0) is 16.8. The van der Waals surface area contributed by atoms with Crippen LogP contribution in [0.2, 0.25) is 0 Å². The number of halogens is 1. The second-order valence-electron chi connectivity index (χ2n) is 4.97. The zero-order valence-electron chi connectivity index (χ0n) is 13.8. The third-order valence-electron chi connectivity index (χ3n) is 3.44. The number of amides is 1. The molecule has 1 aromatic carbocycles. The number of nitrogens with two attached hydrogens (primary N) is 1. The van der Waals surface area contributed by atoms with Gasteiger partial charge in [-0.2, -0.15) is 4.31 Å². The maximum atomic E-state index is 12.6. The molecular weight excluding hydrogens is 338 g/mol. The molecule has 1 rings (SSSR count). The first-order valence-electron chi connectivity index (χ1n) is 7.47. The summed E-state index contributed by atoms with van der Waals surface area (Å²) in [5.74, 6) is -0.288. The van der Waals surface area contributed by atoms with Gasteiger partial charge in [0.2, 0.25) is 10.0 Å². The molecule has 0 aliphatic carbocycles. The number of nitrogens with one attached hydrogen (secondary N) is 1. The quantitative estimate of drug-likeness (QED) is 0.685. The average molecular weight is 364 g/mol. The summed E-state index contributed by atoms with van der Waals surface area (Å²) in [5, 5.41) is 2.73. The Hall–Kier alpha value is -1.15. The van der Waals surface area contributed by atoms with Crippen molar-refractivity contribution in [3.8, 4) is 0 Å². The van der Waals surface area contributed by atoms with Crippen LogP contribution in [0.25, 0.3) is 0 Å². The molecule has 132 valence electrons. The highest BCUT2D eigenvalue weighted by Crippen LogP contribution is 2.21. The third kappa shape index (κ3) is 5.46. The van der Waals surface area contributed by atoms with Crippen molar-refractivity contribution in [1.82, 2.24) is 9.62 Å². The van der Waals surface area contributed by atoms with Crippen LogP contribution in [0.3, 0.4) is 0 Å². The van der Waals surface area contributed by atoms with Crippen molar-refractivity contribution in [2.24, 2.45) is 5.73 Å². The Kier molecular flexibility index (Phi) is 9.38. The summed E-state index contributed by atoms with van der Waals surface area (Å²) in [6.07, 6.45) is 0.683. The number of benzene rings is 1. The molecule has 3 N–H and O–H groups in total. The van der Waals surface area contributed by atoms with Crippen LogP contribution in [0.4, 0.5) is 0 Å². The minimum absolute atomic E-state index is 0. The van der Waals surface area contributed by atoms with Crippen LogP contribution >= 0.6 is 12.4 Å². The molecular formula is C15H26ClN3O3S. The van der Waals surface area contributed by atoms with Crippen molar-refractivity contribution in [1.29, 1.82) is 0 Å². The van der Waals surface area contributed by atoms with Crippen LogP contribution in [0.5, 0.6) is 0 Å². The minimum atomic E-state index is -3.58. The largest absolute Gasteiger partial charge is 0.352 e. The van der Waals surface area contributed by atoms with E-state index in [1.54, 1.807) is 32.9 Å². The molecule has 6 nitrogen and oxygen atoms in total. The minimum Gasteiger partial charge on any atom is -0.352 e. The molecule has 0 spiro atoms. The van der Waals surface area contributed by atoms with E-state index >= 15 is 0 Å². The lowest BCUT2D eigenvalue weighted by Crippen LogP contribution is -2.31. The summed E-state index contributed by atoms with van der Waals surface area (Å²) in [6, 6.07) is 4.74. The predicted octanol–water partition coefficient (Wildman–Crippen LogP) is 1.53. The highest BCUT2D eigenvalue weighted by molar-refractivity contribution is 7.89. The molecule has 1 aromatic rings. The first-order valence-corrected chi connectivity index (χ1v) is 8.91. The Labute approximate surface area is 144 Å². The van der Waals surface area contributed by atoms with Gasteiger partial charge in [-0.05, 0) is 37.6 Å². The highest BCUT2D eigenvalue weighted by Gasteiger charge is 2.24. The standard InChI is InChI=1S/C15H25N3O3S.ClH/c1-4-18(5-2)22(20,21)14-11-13(8-7-12(14)3)15(19)17-10-6-9-16;/h7-8,11H,4-6,9-10,16H2,1-3H3,(H,17,19);1H. The summed E-state index contributed by atoms with van der Waals surface area (Å²) < 4.78 is 26.6. The van der Waals surface area contributed by atoms with Gasteiger partial charge in [0.25, 0.3) is 5.91 Å². The van der Waals surface area contributed by atoms with Crippen molar-refractivity contribution < 1.29 is 13.2 Å². The fourth-order valence-electron chi connectivity index (χ4n) is 2.13. The molecule has 0 heterocycles. The van der Waals surface area contributed by atoms with E-state index in [1.807, 2.05) is 0 Å². The van der Waals surface area contributed by atoms with Crippen molar-refractivity contribution in [2.45, 2.75) is 32.1 Å². The summed E-state index contributed by atoms with van der Waals surface area (Å²) in [5.41, 5.74) is 6.35. The van der Waals surface area contributed by atoms with Gasteiger partial charge < -0.3 is 11.1 Å². The fraction of sp³-hybridized carbons (Fsp3) is 0.533. The first kappa shape index (κ1) is 21.9. The highest BCUT2D eigenvalue weighted by atomic mass is 35.5. The molecule has 0 unspecified atom stereocenters. The number of hydrogen-bond donors (Lipinski definition) is 2. The van der Waals surface area contributed by atoms with Gasteiger partial charge in [-0.15, -0.1) is 12.4 Å². The molecule has 0 fully saturated rings. The van der Waals surface area contributed by atoms with Gasteiger partial charge in [0.1, 0.15) is 0 Å². The molecule has 0 saturated heterocycles. The summed E-state index contributed by atoms with van der Waals surface area (Å²) in [6.45, 7) is 7.07. The van der Waals surface area contributed by atoms with Gasteiger partial charge in [0.05, 0.1) is 4.90 Å². The van der Waals surface area contributed by atoms with E-state index in [2.05, 4.69) is 5.32 Å². The number of aryl methyl sites for hydroxylation is 1. The molecule has 1 amide bonds. The Morgan fingerprint density at radius 3 is 2.39 bits per heavy atom. The van der Waals surface area contributed by atoms with E-state index in [0.29, 0.717) is 43.7 Å². The topological polar surface area (TPSA) is 92.5 Å². The normalized spacial score (nSPS) is 11.2. The Morgan fingerprint density at radius 2 is 1.87 bits per heavy atom. The van der Waals surface area contributed by atoms with Crippen LogP contribution in [0.1, 0.15) is 36.2 Å². The summed E-state index contributed by atoms with van der Waals surface area (Å²) >= 11 is 0. The van der Waals surface area contributed by atoms with E-state index in [-0.39, 0.29) is 23.2 Å². The predicted molar refractivity (Wildman–Crippen MR) is 94.5 cm³/mol. The lowest BCUT2D eigenvalue weighted by Gasteiger charge is -2.20. The monoisotopic (exact) mass is 363 g/mol. The molecule has 23 heavy (non-hydrogen) atoms. The van der Waals surface area contributed by atoms with Crippen molar-refractivity contribution in [3.05, 3.63) is 29.3 Å². The van der Waals surface area contributed by atoms with Crippen molar-refractivity contribution >= 4 is 28.3 Å². The number of hydrogen-bond acceptors (Lipinski definition) is 4. The van der Waals surface area contributed by atoms with E-state index in [1.165, 1.54) is 10.4 Å². The first-order chi connectivity index (χ1) is 10.4. The van der Waals surface area contributed by atoms with Crippen LogP contribution in [-0.2, 0) is 10.0 Å². The molecule has 0 aliphatic rings. The molecule has 0 aromatic heterocycles. The molecule has 0 aliphatic heterocycles. The maximum Gasteiger partial charge on any atom is 0.251 e. The van der Waals surface area contributed by atoms with Crippen LogP contribution in [-0.4, -0.2) is 44.8 Å². The van der Waals surface area contributed by atoms with Crippen molar-refractivity contribution in [3.63, 3.8) is 0 Å². The summed E-state index contributed by atoms with van der Waals surface area (Å²) in [4.78, 5) is 12.2. The lowest BCUT2D eigenvalue weighted by atomic mass is 10.1. The molecule has 0 bridgehead atoms.